The summed E-state index contributed by atoms with van der Waals surface area (Å²) < 4.78 is 35.5. The second-order valence-electron chi connectivity index (χ2n) is 20.6. The van der Waals surface area contributed by atoms with Crippen LogP contribution in [0.4, 0.5) is 4.79 Å². The lowest BCUT2D eigenvalue weighted by Gasteiger charge is -2.35. The Morgan fingerprint density at radius 3 is 1.04 bits per heavy atom. The summed E-state index contributed by atoms with van der Waals surface area (Å²) in [6, 6.07) is -1.60. The third-order valence-corrected chi connectivity index (χ3v) is 13.7. The van der Waals surface area contributed by atoms with Gasteiger partial charge in [-0.05, 0) is 38.5 Å². The van der Waals surface area contributed by atoms with Crippen molar-refractivity contribution in [3.8, 4) is 0 Å². The first-order valence-corrected chi connectivity index (χ1v) is 29.2. The number of amides is 1. The molecule has 1 fully saturated rings. The highest BCUT2D eigenvalue weighted by atomic mass is 16.6. The minimum absolute atomic E-state index is 0.111. The van der Waals surface area contributed by atoms with Gasteiger partial charge in [-0.2, -0.15) is 0 Å². The smallest absolute Gasteiger partial charge is 0.330 e. The van der Waals surface area contributed by atoms with E-state index in [0.29, 0.717) is 51.4 Å². The summed E-state index contributed by atoms with van der Waals surface area (Å²) in [7, 11) is 0. The van der Waals surface area contributed by atoms with Crippen LogP contribution in [0, 0.1) is 11.8 Å². The molecule has 2 heterocycles. The van der Waals surface area contributed by atoms with Crippen molar-refractivity contribution < 1.29 is 62.0 Å². The van der Waals surface area contributed by atoms with Crippen LogP contribution in [0.2, 0.25) is 0 Å². The number of ether oxygens (including phenoxy) is 6. The Morgan fingerprint density at radius 1 is 0.432 bits per heavy atom. The summed E-state index contributed by atoms with van der Waals surface area (Å²) in [5, 5.41) is 0. The highest BCUT2D eigenvalue weighted by Crippen LogP contribution is 2.26. The van der Waals surface area contributed by atoms with Gasteiger partial charge in [-0.3, -0.25) is 33.3 Å². The molecule has 1 aromatic heterocycles. The summed E-state index contributed by atoms with van der Waals surface area (Å²) in [6.07, 6.45) is 32.1. The number of hydrogen-bond donors (Lipinski definition) is 0. The average Bonchev–Trinajstić information content (AvgIpc) is 3.86. The third-order valence-electron chi connectivity index (χ3n) is 13.7. The predicted molar refractivity (Wildman–Crippen MR) is 285 cm³/mol. The lowest BCUT2D eigenvalue weighted by molar-refractivity contribution is -0.156. The minimum atomic E-state index is -0.633. The number of esters is 6. The van der Waals surface area contributed by atoms with Crippen molar-refractivity contribution in [2.24, 2.45) is 11.8 Å². The molecule has 16 nitrogen and oxygen atoms in total. The van der Waals surface area contributed by atoms with E-state index >= 15 is 0 Å². The molecule has 1 aliphatic heterocycles. The first-order valence-electron chi connectivity index (χ1n) is 29.2. The normalized spacial score (nSPS) is 14.6. The van der Waals surface area contributed by atoms with Gasteiger partial charge in [0.15, 0.2) is 0 Å². The summed E-state index contributed by atoms with van der Waals surface area (Å²) >= 11 is 0. The van der Waals surface area contributed by atoms with Gasteiger partial charge in [0.25, 0.3) is 0 Å². The van der Waals surface area contributed by atoms with E-state index in [1.165, 1.54) is 49.0 Å². The molecular formula is C58H99N3O13. The quantitative estimate of drug-likeness (QED) is 0.0340. The largest absolute Gasteiger partial charge is 0.465 e. The number of carbonyl (C=O) groups is 7. The Balaban J connectivity index is 2.12. The molecule has 1 amide bonds. The molecule has 1 aromatic rings. The van der Waals surface area contributed by atoms with E-state index in [1.54, 1.807) is 4.90 Å². The van der Waals surface area contributed by atoms with Gasteiger partial charge in [-0.25, -0.2) is 9.78 Å². The van der Waals surface area contributed by atoms with Crippen LogP contribution >= 0.6 is 0 Å². The summed E-state index contributed by atoms with van der Waals surface area (Å²) in [5.41, 5.74) is 0. The Bertz CT molecular complexity index is 1500. The maximum absolute atomic E-state index is 14.2. The van der Waals surface area contributed by atoms with Crippen molar-refractivity contribution >= 4 is 41.8 Å². The van der Waals surface area contributed by atoms with Crippen LogP contribution in [0.25, 0.3) is 0 Å². The number of nitrogens with zero attached hydrogens (tertiary/aromatic N) is 3. The van der Waals surface area contributed by atoms with Crippen molar-refractivity contribution in [1.82, 2.24) is 14.5 Å². The van der Waals surface area contributed by atoms with E-state index in [0.717, 1.165) is 103 Å². The van der Waals surface area contributed by atoms with Gasteiger partial charge in [0, 0.05) is 49.9 Å². The Labute approximate surface area is 445 Å². The average molecular weight is 1050 g/mol. The van der Waals surface area contributed by atoms with Crippen LogP contribution < -0.4 is 0 Å². The lowest BCUT2D eigenvalue weighted by atomic mass is 10.1. The van der Waals surface area contributed by atoms with Gasteiger partial charge in [-0.15, -0.1) is 0 Å². The fraction of sp³-hybridized carbons (Fsp3) is 0.828. The molecule has 0 N–H and O–H groups in total. The molecule has 0 bridgehead atoms. The van der Waals surface area contributed by atoms with E-state index in [-0.39, 0.29) is 102 Å². The van der Waals surface area contributed by atoms with Crippen LogP contribution in [0.5, 0.6) is 0 Å². The van der Waals surface area contributed by atoms with Crippen LogP contribution in [-0.4, -0.2) is 108 Å². The SMILES string of the molecule is CCCCCCCCC(=O)OCC(COC(=O)CCCCCCCC)CC(=O)OC[C@H]1CCCC[C@@H](COC(=O)CC(COC(=O)CCCCCCCC)COC(=O)CCCCCCCC)N1C(=O)n1ccnc1. The lowest BCUT2D eigenvalue weighted by Crippen LogP contribution is -2.51. The fourth-order valence-electron chi connectivity index (χ4n) is 9.11. The van der Waals surface area contributed by atoms with E-state index in [2.05, 4.69) is 32.7 Å². The molecule has 0 unspecified atom stereocenters. The number of hydrogen-bond acceptors (Lipinski definition) is 14. The fourth-order valence-corrected chi connectivity index (χ4v) is 9.11. The molecule has 1 aliphatic rings. The minimum Gasteiger partial charge on any atom is -0.465 e. The van der Waals surface area contributed by atoms with Crippen molar-refractivity contribution in [2.45, 2.75) is 258 Å². The van der Waals surface area contributed by atoms with Gasteiger partial charge in [0.1, 0.15) is 19.5 Å². The van der Waals surface area contributed by atoms with E-state index in [4.69, 9.17) is 28.4 Å². The van der Waals surface area contributed by atoms with Gasteiger partial charge >= 0.3 is 41.8 Å². The van der Waals surface area contributed by atoms with Crippen LogP contribution in [0.1, 0.15) is 246 Å². The van der Waals surface area contributed by atoms with Crippen LogP contribution in [-0.2, 0) is 57.2 Å². The molecule has 2 rings (SSSR count). The number of rotatable bonds is 44. The molecule has 0 spiro atoms. The molecule has 1 saturated heterocycles. The highest BCUT2D eigenvalue weighted by molar-refractivity contribution is 5.78. The van der Waals surface area contributed by atoms with Crippen molar-refractivity contribution in [1.29, 1.82) is 0 Å². The standard InChI is InChI=1S/C58H99N3O13/c1-5-9-13-17-21-25-33-52(62)69-41-48(42-70-53(63)34-26-22-18-14-10-6-2)39-56(66)73-45-50-31-29-30-32-51(61(50)58(68)60-38-37-59-47-60)46-74-57(67)40-49(43-71-54(64)35-27-23-19-15-11-7-3)44-72-55(65)36-28-24-20-16-12-8-4/h37-38,47-51H,5-36,39-46H2,1-4H3/t50-,51+. The monoisotopic (exact) mass is 1050 g/mol. The zero-order chi connectivity index (χ0) is 53.9. The predicted octanol–water partition coefficient (Wildman–Crippen LogP) is 12.7. The highest BCUT2D eigenvalue weighted by Gasteiger charge is 2.36. The number of unbranched alkanes of at least 4 members (excludes halogenated alkanes) is 20. The zero-order valence-electron chi connectivity index (χ0n) is 46.5. The van der Waals surface area contributed by atoms with Gasteiger partial charge in [-0.1, -0.05) is 169 Å². The van der Waals surface area contributed by atoms with E-state index < -0.39 is 41.9 Å². The molecule has 424 valence electrons. The summed E-state index contributed by atoms with van der Waals surface area (Å²) in [4.78, 5) is 98.0. The van der Waals surface area contributed by atoms with Crippen LogP contribution in [0.3, 0.4) is 0 Å². The first-order chi connectivity index (χ1) is 36.0. The number of carbonyl (C=O) groups excluding carboxylic acids is 7. The Kier molecular flexibility index (Phi) is 38.8. The number of aromatic nitrogens is 2. The third kappa shape index (κ3) is 32.7. The molecule has 74 heavy (non-hydrogen) atoms. The molecule has 0 radical (unpaired) electrons. The Morgan fingerprint density at radius 2 is 0.743 bits per heavy atom. The molecule has 0 saturated carbocycles. The topological polar surface area (TPSA) is 196 Å². The second-order valence-corrected chi connectivity index (χ2v) is 20.6. The summed E-state index contributed by atoms with van der Waals surface area (Å²) in [6.45, 7) is 7.88. The van der Waals surface area contributed by atoms with Crippen molar-refractivity contribution in [3.63, 3.8) is 0 Å². The van der Waals surface area contributed by atoms with Crippen molar-refractivity contribution in [2.75, 3.05) is 39.6 Å². The van der Waals surface area contributed by atoms with E-state index in [9.17, 15) is 33.6 Å². The first kappa shape index (κ1) is 65.6. The van der Waals surface area contributed by atoms with Gasteiger partial charge in [0.05, 0.1) is 51.4 Å². The molecule has 0 aromatic carbocycles. The molecular weight excluding hydrogens is 947 g/mol. The van der Waals surface area contributed by atoms with Gasteiger partial charge < -0.3 is 33.3 Å². The van der Waals surface area contributed by atoms with Gasteiger partial charge in [0.2, 0.25) is 0 Å². The van der Waals surface area contributed by atoms with Crippen molar-refractivity contribution in [3.05, 3.63) is 18.7 Å². The molecule has 0 aliphatic carbocycles. The number of imidazole rings is 1. The maximum Gasteiger partial charge on any atom is 0.330 e. The Hall–Kier alpha value is -4.50. The zero-order valence-corrected chi connectivity index (χ0v) is 46.5. The molecule has 16 heteroatoms. The maximum atomic E-state index is 14.2. The van der Waals surface area contributed by atoms with E-state index in [1.807, 2.05) is 0 Å². The number of likely N-dealkylation sites (tertiary alicyclic amines) is 1. The second kappa shape index (κ2) is 43.7. The molecule has 2 atom stereocenters. The summed E-state index contributed by atoms with van der Waals surface area (Å²) in [5.74, 6) is -3.92. The van der Waals surface area contributed by atoms with Crippen LogP contribution in [0.15, 0.2) is 18.7 Å².